The molecule has 0 bridgehead atoms. The topological polar surface area (TPSA) is 55.1 Å². The quantitative estimate of drug-likeness (QED) is 0.829. The van der Waals surface area contributed by atoms with Crippen molar-refractivity contribution in [3.05, 3.63) is 59.2 Å². The third-order valence-corrected chi connectivity index (χ3v) is 4.25. The summed E-state index contributed by atoms with van der Waals surface area (Å²) in [7, 11) is 0. The summed E-state index contributed by atoms with van der Waals surface area (Å²) < 4.78 is 0. The number of carbonyl (C=O) groups excluding carboxylic acids is 1. The zero-order valence-electron chi connectivity index (χ0n) is 12.2. The highest BCUT2D eigenvalue weighted by Gasteiger charge is 2.24. The van der Waals surface area contributed by atoms with Gasteiger partial charge in [-0.25, -0.2) is 0 Å². The minimum Gasteiger partial charge on any atom is -0.399 e. The molecule has 0 radical (unpaired) electrons. The van der Waals surface area contributed by atoms with Crippen molar-refractivity contribution >= 4 is 17.3 Å². The largest absolute Gasteiger partial charge is 0.399 e. The lowest BCUT2D eigenvalue weighted by Crippen LogP contribution is -2.28. The van der Waals surface area contributed by atoms with Gasteiger partial charge in [0.2, 0.25) is 5.91 Å². The van der Waals surface area contributed by atoms with Gasteiger partial charge in [-0.05, 0) is 61.1 Å². The first-order chi connectivity index (χ1) is 10.1. The summed E-state index contributed by atoms with van der Waals surface area (Å²) in [4.78, 5) is 12.4. The van der Waals surface area contributed by atoms with E-state index in [1.807, 2.05) is 31.2 Å². The van der Waals surface area contributed by atoms with Gasteiger partial charge in [-0.1, -0.05) is 24.3 Å². The number of benzene rings is 2. The van der Waals surface area contributed by atoms with Gasteiger partial charge in [0.1, 0.15) is 0 Å². The molecule has 1 unspecified atom stereocenters. The van der Waals surface area contributed by atoms with Crippen LogP contribution in [-0.2, 0) is 17.6 Å². The van der Waals surface area contributed by atoms with E-state index < -0.39 is 0 Å². The van der Waals surface area contributed by atoms with Gasteiger partial charge in [0.05, 0.1) is 0 Å². The van der Waals surface area contributed by atoms with Crippen LogP contribution in [0.1, 0.15) is 23.1 Å². The minimum absolute atomic E-state index is 0.0535. The normalized spacial score (nSPS) is 17.1. The van der Waals surface area contributed by atoms with Crippen LogP contribution >= 0.6 is 0 Å². The molecule has 2 aromatic carbocycles. The molecular formula is C18H20N2O. The van der Waals surface area contributed by atoms with E-state index in [-0.39, 0.29) is 11.8 Å². The van der Waals surface area contributed by atoms with Crippen molar-refractivity contribution < 1.29 is 4.79 Å². The van der Waals surface area contributed by atoms with Crippen LogP contribution in [-0.4, -0.2) is 5.91 Å². The van der Waals surface area contributed by atoms with Crippen molar-refractivity contribution in [2.24, 2.45) is 5.92 Å². The Kier molecular flexibility index (Phi) is 3.65. The highest BCUT2D eigenvalue weighted by atomic mass is 16.1. The second kappa shape index (κ2) is 5.60. The first-order valence-electron chi connectivity index (χ1n) is 7.37. The molecule has 3 rings (SSSR count). The van der Waals surface area contributed by atoms with Gasteiger partial charge in [-0.2, -0.15) is 0 Å². The Balaban J connectivity index is 1.70. The Labute approximate surface area is 125 Å². The van der Waals surface area contributed by atoms with Crippen molar-refractivity contribution in [1.82, 2.24) is 0 Å². The third kappa shape index (κ3) is 2.92. The summed E-state index contributed by atoms with van der Waals surface area (Å²) in [6.07, 6.45) is 2.72. The van der Waals surface area contributed by atoms with E-state index in [1.165, 1.54) is 11.1 Å². The Morgan fingerprint density at radius 2 is 1.95 bits per heavy atom. The fraction of sp³-hybridized carbons (Fsp3) is 0.278. The fourth-order valence-corrected chi connectivity index (χ4v) is 2.92. The lowest BCUT2D eigenvalue weighted by molar-refractivity contribution is -0.120. The van der Waals surface area contributed by atoms with Gasteiger partial charge in [-0.3, -0.25) is 4.79 Å². The Hall–Kier alpha value is -2.29. The molecule has 0 heterocycles. The van der Waals surface area contributed by atoms with E-state index in [2.05, 4.69) is 23.5 Å². The molecular weight excluding hydrogens is 260 g/mol. The lowest BCUT2D eigenvalue weighted by Gasteiger charge is -2.23. The molecule has 1 aliphatic rings. The van der Waals surface area contributed by atoms with Crippen molar-refractivity contribution in [2.75, 3.05) is 11.1 Å². The van der Waals surface area contributed by atoms with Crippen molar-refractivity contribution in [1.29, 1.82) is 0 Å². The maximum atomic E-state index is 12.4. The van der Waals surface area contributed by atoms with E-state index in [1.54, 1.807) is 0 Å². The molecule has 0 aliphatic heterocycles. The van der Waals surface area contributed by atoms with Gasteiger partial charge < -0.3 is 11.1 Å². The highest BCUT2D eigenvalue weighted by molar-refractivity contribution is 5.93. The van der Waals surface area contributed by atoms with Crippen LogP contribution in [0.25, 0.3) is 0 Å². The summed E-state index contributed by atoms with van der Waals surface area (Å²) in [5.74, 6) is 0.159. The Bertz CT molecular complexity index is 679. The maximum Gasteiger partial charge on any atom is 0.227 e. The molecule has 3 N–H and O–H groups in total. The number of nitrogens with one attached hydrogen (secondary N) is 1. The van der Waals surface area contributed by atoms with Gasteiger partial charge in [-0.15, -0.1) is 0 Å². The fourth-order valence-electron chi connectivity index (χ4n) is 2.92. The molecule has 0 fully saturated rings. The third-order valence-electron chi connectivity index (χ3n) is 4.25. The Morgan fingerprint density at radius 1 is 1.19 bits per heavy atom. The van der Waals surface area contributed by atoms with Crippen LogP contribution in [0.5, 0.6) is 0 Å². The van der Waals surface area contributed by atoms with E-state index in [9.17, 15) is 4.79 Å². The molecule has 0 saturated heterocycles. The molecule has 1 amide bonds. The number of rotatable bonds is 2. The molecule has 2 aromatic rings. The molecule has 3 nitrogen and oxygen atoms in total. The van der Waals surface area contributed by atoms with Gasteiger partial charge >= 0.3 is 0 Å². The van der Waals surface area contributed by atoms with Crippen LogP contribution in [0.3, 0.4) is 0 Å². The Morgan fingerprint density at radius 3 is 2.71 bits per heavy atom. The summed E-state index contributed by atoms with van der Waals surface area (Å²) in [6.45, 7) is 1.95. The zero-order chi connectivity index (χ0) is 14.8. The predicted molar refractivity (Wildman–Crippen MR) is 86.2 cm³/mol. The number of hydrogen-bond acceptors (Lipinski definition) is 2. The molecule has 0 aromatic heterocycles. The zero-order valence-corrected chi connectivity index (χ0v) is 12.2. The van der Waals surface area contributed by atoms with E-state index in [4.69, 9.17) is 5.73 Å². The number of nitrogen functional groups attached to an aromatic ring is 1. The predicted octanol–water partition coefficient (Wildman–Crippen LogP) is 3.32. The summed E-state index contributed by atoms with van der Waals surface area (Å²) >= 11 is 0. The molecule has 0 saturated carbocycles. The average Bonchev–Trinajstić information content (AvgIpc) is 2.50. The smallest absolute Gasteiger partial charge is 0.227 e. The van der Waals surface area contributed by atoms with Gasteiger partial charge in [0.15, 0.2) is 0 Å². The maximum absolute atomic E-state index is 12.4. The second-order valence-corrected chi connectivity index (χ2v) is 5.77. The molecule has 21 heavy (non-hydrogen) atoms. The monoisotopic (exact) mass is 280 g/mol. The summed E-state index contributed by atoms with van der Waals surface area (Å²) in [5.41, 5.74) is 11.0. The molecule has 1 atom stereocenters. The summed E-state index contributed by atoms with van der Waals surface area (Å²) in [5, 5.41) is 3.02. The highest BCUT2D eigenvalue weighted by Crippen LogP contribution is 2.26. The molecule has 108 valence electrons. The van der Waals surface area contributed by atoms with Gasteiger partial charge in [0.25, 0.3) is 0 Å². The standard InChI is InChI=1S/C18H20N2O/c1-12-10-16(8-9-17(12)19)20-18(21)15-7-6-13-4-2-3-5-14(13)11-15/h2-5,8-10,15H,6-7,11,19H2,1H3,(H,20,21). The van der Waals surface area contributed by atoms with Gasteiger partial charge in [0, 0.05) is 17.3 Å². The minimum atomic E-state index is 0.0535. The van der Waals surface area contributed by atoms with Crippen LogP contribution in [0.2, 0.25) is 0 Å². The van der Waals surface area contributed by atoms with Crippen LogP contribution in [0.4, 0.5) is 11.4 Å². The number of nitrogens with two attached hydrogens (primary N) is 1. The number of fused-ring (bicyclic) bond motifs is 1. The molecule has 0 spiro atoms. The second-order valence-electron chi connectivity index (χ2n) is 5.77. The molecule has 1 aliphatic carbocycles. The van der Waals surface area contributed by atoms with E-state index in [0.717, 1.165) is 36.2 Å². The van der Waals surface area contributed by atoms with Crippen molar-refractivity contribution in [3.8, 4) is 0 Å². The van der Waals surface area contributed by atoms with Crippen LogP contribution < -0.4 is 11.1 Å². The van der Waals surface area contributed by atoms with Crippen LogP contribution in [0, 0.1) is 12.8 Å². The number of carbonyl (C=O) groups is 1. The number of aryl methyl sites for hydroxylation is 2. The van der Waals surface area contributed by atoms with Crippen LogP contribution in [0.15, 0.2) is 42.5 Å². The first kappa shape index (κ1) is 13.7. The van der Waals surface area contributed by atoms with E-state index in [0.29, 0.717) is 0 Å². The SMILES string of the molecule is Cc1cc(NC(=O)C2CCc3ccccc3C2)ccc1N. The number of amides is 1. The number of anilines is 2. The lowest BCUT2D eigenvalue weighted by atomic mass is 9.83. The van der Waals surface area contributed by atoms with Crippen molar-refractivity contribution in [2.45, 2.75) is 26.2 Å². The molecule has 3 heteroatoms. The average molecular weight is 280 g/mol. The van der Waals surface area contributed by atoms with Crippen molar-refractivity contribution in [3.63, 3.8) is 0 Å². The first-order valence-corrected chi connectivity index (χ1v) is 7.37. The number of hydrogen-bond donors (Lipinski definition) is 2. The van der Waals surface area contributed by atoms with E-state index >= 15 is 0 Å². The summed E-state index contributed by atoms with van der Waals surface area (Å²) in [6, 6.07) is 14.0.